The molecule has 1 aromatic carbocycles. The van der Waals surface area contributed by atoms with Crippen LogP contribution >= 0.6 is 0 Å². The number of benzene rings is 1. The molecule has 3 fully saturated rings. The third kappa shape index (κ3) is 7.59. The van der Waals surface area contributed by atoms with E-state index < -0.39 is 23.6 Å². The Balaban J connectivity index is 1.07. The summed E-state index contributed by atoms with van der Waals surface area (Å²) in [6.45, 7) is 11.4. The molecule has 1 unspecified atom stereocenters. The number of imide groups is 1. The van der Waals surface area contributed by atoms with Crippen LogP contribution in [0, 0.1) is 5.92 Å². The van der Waals surface area contributed by atoms with Crippen LogP contribution in [0.3, 0.4) is 0 Å². The number of fused-ring (bicyclic) bond motifs is 1. The minimum atomic E-state index is -0.675. The minimum Gasteiger partial charge on any atom is -0.444 e. The molecule has 2 N–H and O–H groups in total. The zero-order valence-corrected chi connectivity index (χ0v) is 25.9. The van der Waals surface area contributed by atoms with E-state index in [1.54, 1.807) is 11.6 Å². The van der Waals surface area contributed by atoms with Gasteiger partial charge in [-0.1, -0.05) is 0 Å². The molecular weight excluding hydrogens is 552 g/mol. The van der Waals surface area contributed by atoms with E-state index in [0.717, 1.165) is 69.6 Å². The number of rotatable bonds is 8. The van der Waals surface area contributed by atoms with Gasteiger partial charge in [0, 0.05) is 58.4 Å². The van der Waals surface area contributed by atoms with Crippen molar-refractivity contribution >= 4 is 34.6 Å². The summed E-state index contributed by atoms with van der Waals surface area (Å²) in [4.78, 5) is 53.9. The van der Waals surface area contributed by atoms with Gasteiger partial charge in [-0.3, -0.25) is 28.9 Å². The van der Waals surface area contributed by atoms with Gasteiger partial charge in [0.15, 0.2) is 0 Å². The first-order valence-corrected chi connectivity index (χ1v) is 15.6. The van der Waals surface area contributed by atoms with Crippen LogP contribution in [0.25, 0.3) is 11.0 Å². The van der Waals surface area contributed by atoms with Gasteiger partial charge in [0.05, 0.1) is 23.7 Å². The minimum absolute atomic E-state index is 0.228. The molecule has 0 bridgehead atoms. The normalized spacial score (nSPS) is 23.8. The number of amides is 3. The van der Waals surface area contributed by atoms with E-state index >= 15 is 0 Å². The molecule has 1 aromatic heterocycles. The van der Waals surface area contributed by atoms with Crippen molar-refractivity contribution in [3.05, 3.63) is 28.7 Å². The Morgan fingerprint density at radius 2 is 1.72 bits per heavy atom. The largest absolute Gasteiger partial charge is 0.444 e. The van der Waals surface area contributed by atoms with Crippen molar-refractivity contribution in [2.24, 2.45) is 13.0 Å². The van der Waals surface area contributed by atoms with Crippen molar-refractivity contribution in [3.63, 3.8) is 0 Å². The molecule has 43 heavy (non-hydrogen) atoms. The summed E-state index contributed by atoms with van der Waals surface area (Å²) in [6.07, 6.45) is 4.81. The van der Waals surface area contributed by atoms with E-state index in [1.807, 2.05) is 39.0 Å². The topological polar surface area (TPSA) is 127 Å². The number of aromatic nitrogens is 2. The van der Waals surface area contributed by atoms with Gasteiger partial charge in [-0.25, -0.2) is 9.59 Å². The summed E-state index contributed by atoms with van der Waals surface area (Å²) in [5, 5.41) is 5.11. The lowest BCUT2D eigenvalue weighted by atomic mass is 9.87. The molecule has 3 aliphatic rings. The maximum Gasteiger partial charge on any atom is 0.407 e. The number of hydrogen-bond donors (Lipinski definition) is 2. The van der Waals surface area contributed by atoms with Crippen LogP contribution in [0.2, 0.25) is 0 Å². The predicted octanol–water partition coefficient (Wildman–Crippen LogP) is 2.54. The molecule has 236 valence electrons. The van der Waals surface area contributed by atoms with Crippen molar-refractivity contribution in [1.29, 1.82) is 0 Å². The van der Waals surface area contributed by atoms with E-state index in [9.17, 15) is 19.2 Å². The molecule has 0 radical (unpaired) electrons. The average Bonchev–Trinajstić information content (AvgIpc) is 3.20. The molecule has 12 heteroatoms. The highest BCUT2D eigenvalue weighted by Crippen LogP contribution is 2.29. The monoisotopic (exact) mass is 598 g/mol. The molecule has 12 nitrogen and oxygen atoms in total. The lowest BCUT2D eigenvalue weighted by Crippen LogP contribution is -2.48. The van der Waals surface area contributed by atoms with Gasteiger partial charge >= 0.3 is 11.8 Å². The number of ether oxygens (including phenoxy) is 2. The van der Waals surface area contributed by atoms with Crippen molar-refractivity contribution in [1.82, 2.24) is 24.7 Å². The number of carbonyl (C=O) groups is 3. The molecule has 5 rings (SSSR count). The number of hydrogen-bond acceptors (Lipinski definition) is 8. The van der Waals surface area contributed by atoms with Crippen molar-refractivity contribution in [2.75, 3.05) is 50.8 Å². The lowest BCUT2D eigenvalue weighted by molar-refractivity contribution is -0.135. The zero-order chi connectivity index (χ0) is 30.7. The number of nitrogens with zero attached hydrogens (tertiary/aromatic N) is 4. The van der Waals surface area contributed by atoms with Crippen molar-refractivity contribution in [3.8, 4) is 0 Å². The van der Waals surface area contributed by atoms with E-state index in [2.05, 4.69) is 20.4 Å². The SMILES string of the molecule is Cn1c(=O)n(C2CCC(=O)NC2=O)c2ccc(N3CCN(C[C@H]4CC[C@H](OCCNC(=O)OC(C)(C)C)CC4)CC3)cc21. The molecule has 2 saturated heterocycles. The van der Waals surface area contributed by atoms with Gasteiger partial charge in [-0.05, 0) is 77.0 Å². The number of alkyl carbamates (subject to hydrolysis) is 1. The Labute approximate surface area is 252 Å². The van der Waals surface area contributed by atoms with E-state index in [0.29, 0.717) is 31.0 Å². The number of carbonyl (C=O) groups excluding carboxylic acids is 3. The Morgan fingerprint density at radius 1 is 1.00 bits per heavy atom. The molecule has 1 aliphatic carbocycles. The van der Waals surface area contributed by atoms with Gasteiger partial charge in [0.25, 0.3) is 0 Å². The van der Waals surface area contributed by atoms with Crippen LogP contribution in [-0.4, -0.2) is 89.5 Å². The lowest BCUT2D eigenvalue weighted by Gasteiger charge is -2.39. The highest BCUT2D eigenvalue weighted by Gasteiger charge is 2.32. The van der Waals surface area contributed by atoms with Crippen molar-refractivity contribution < 1.29 is 23.9 Å². The standard InChI is InChI=1S/C31H46N6O6/c1-31(2,3)43-29(40)32-13-18-42-23-8-5-21(6-9-23)20-35-14-16-36(17-15-35)22-7-10-24-26(19-22)34(4)30(41)37(24)25-11-12-27(38)33-28(25)39/h7,10,19,21,23,25H,5-6,8-9,11-18,20H2,1-4H3,(H,32,40)(H,33,38,39)/t21-,23-,25?. The fourth-order valence-electron chi connectivity index (χ4n) is 6.51. The highest BCUT2D eigenvalue weighted by atomic mass is 16.6. The van der Waals surface area contributed by atoms with Crippen LogP contribution in [0.15, 0.2) is 23.0 Å². The molecule has 1 atom stereocenters. The summed E-state index contributed by atoms with van der Waals surface area (Å²) in [6, 6.07) is 5.32. The quantitative estimate of drug-likeness (QED) is 0.351. The van der Waals surface area contributed by atoms with Gasteiger partial charge in [0.2, 0.25) is 11.8 Å². The van der Waals surface area contributed by atoms with Crippen LogP contribution in [0.1, 0.15) is 65.3 Å². The second-order valence-electron chi connectivity index (χ2n) is 13.1. The average molecular weight is 599 g/mol. The first kappa shape index (κ1) is 31.1. The second-order valence-corrected chi connectivity index (χ2v) is 13.1. The molecule has 0 spiro atoms. The number of aryl methyl sites for hydroxylation is 1. The summed E-state index contributed by atoms with van der Waals surface area (Å²) < 4.78 is 14.4. The highest BCUT2D eigenvalue weighted by molar-refractivity contribution is 6.00. The van der Waals surface area contributed by atoms with Gasteiger partial charge in [0.1, 0.15) is 11.6 Å². The van der Waals surface area contributed by atoms with Crippen LogP contribution in [0.4, 0.5) is 10.5 Å². The Kier molecular flexibility index (Phi) is 9.45. The smallest absolute Gasteiger partial charge is 0.407 e. The van der Waals surface area contributed by atoms with Crippen LogP contribution in [-0.2, 0) is 26.1 Å². The predicted molar refractivity (Wildman–Crippen MR) is 163 cm³/mol. The van der Waals surface area contributed by atoms with Gasteiger partial charge < -0.3 is 19.7 Å². The summed E-state index contributed by atoms with van der Waals surface area (Å²) in [5.74, 6) is -0.0388. The number of nitrogens with one attached hydrogen (secondary N) is 2. The van der Waals surface area contributed by atoms with Crippen LogP contribution in [0.5, 0.6) is 0 Å². The summed E-state index contributed by atoms with van der Waals surface area (Å²) in [5.41, 5.74) is 1.82. The third-order valence-electron chi connectivity index (χ3n) is 8.77. The van der Waals surface area contributed by atoms with E-state index in [-0.39, 0.29) is 24.1 Å². The molecule has 3 heterocycles. The zero-order valence-electron chi connectivity index (χ0n) is 25.9. The molecular formula is C31H46N6O6. The Hall–Kier alpha value is -3.38. The maximum absolute atomic E-state index is 13.1. The van der Waals surface area contributed by atoms with Crippen LogP contribution < -0.4 is 21.2 Å². The fraction of sp³-hybridized carbons (Fsp3) is 0.677. The first-order chi connectivity index (χ1) is 20.5. The van der Waals surface area contributed by atoms with Gasteiger partial charge in [-0.2, -0.15) is 0 Å². The van der Waals surface area contributed by atoms with Gasteiger partial charge in [-0.15, -0.1) is 0 Å². The Bertz CT molecular complexity index is 1380. The fourth-order valence-corrected chi connectivity index (χ4v) is 6.51. The number of piperidine rings is 1. The summed E-state index contributed by atoms with van der Waals surface area (Å²) >= 11 is 0. The molecule has 2 aromatic rings. The molecule has 1 saturated carbocycles. The Morgan fingerprint density at radius 3 is 2.40 bits per heavy atom. The molecule has 2 aliphatic heterocycles. The molecule has 3 amide bonds. The third-order valence-corrected chi connectivity index (χ3v) is 8.77. The second kappa shape index (κ2) is 13.1. The van der Waals surface area contributed by atoms with Crippen molar-refractivity contribution in [2.45, 2.75) is 77.0 Å². The summed E-state index contributed by atoms with van der Waals surface area (Å²) in [7, 11) is 1.73. The van der Waals surface area contributed by atoms with E-state index in [4.69, 9.17) is 9.47 Å². The number of imidazole rings is 1. The number of piperazine rings is 1. The first-order valence-electron chi connectivity index (χ1n) is 15.6. The maximum atomic E-state index is 13.1. The number of anilines is 1. The van der Waals surface area contributed by atoms with E-state index in [1.165, 1.54) is 4.57 Å².